The second-order valence-corrected chi connectivity index (χ2v) is 4.90. The highest BCUT2D eigenvalue weighted by Gasteiger charge is 2.28. The number of hydrogen-bond acceptors (Lipinski definition) is 2. The number of halogens is 1. The molecular formula is C11H18ClN3. The van der Waals surface area contributed by atoms with Crippen molar-refractivity contribution in [2.75, 3.05) is 0 Å². The van der Waals surface area contributed by atoms with Gasteiger partial charge in [-0.15, -0.1) is 10.2 Å². The fourth-order valence-corrected chi connectivity index (χ4v) is 2.21. The van der Waals surface area contributed by atoms with Crippen molar-refractivity contribution in [1.29, 1.82) is 0 Å². The predicted molar refractivity (Wildman–Crippen MR) is 60.9 cm³/mol. The first-order valence-corrected chi connectivity index (χ1v) is 6.17. The summed E-state index contributed by atoms with van der Waals surface area (Å²) in [6.45, 7) is 5.42. The molecule has 2 rings (SSSR count). The van der Waals surface area contributed by atoms with Gasteiger partial charge in [-0.25, -0.2) is 0 Å². The largest absolute Gasteiger partial charge is 0.301 e. The second-order valence-electron chi connectivity index (χ2n) is 4.56. The van der Waals surface area contributed by atoms with Gasteiger partial charge in [0.2, 0.25) is 5.28 Å². The van der Waals surface area contributed by atoms with Gasteiger partial charge in [0.1, 0.15) is 5.82 Å². The van der Waals surface area contributed by atoms with Gasteiger partial charge in [-0.05, 0) is 42.7 Å². The normalized spacial score (nSPS) is 18.1. The Labute approximate surface area is 95.8 Å². The number of rotatable bonds is 5. The Morgan fingerprint density at radius 2 is 2.20 bits per heavy atom. The maximum atomic E-state index is 6.04. The van der Waals surface area contributed by atoms with Crippen LogP contribution in [0.15, 0.2) is 0 Å². The summed E-state index contributed by atoms with van der Waals surface area (Å²) in [5.74, 6) is 2.64. The van der Waals surface area contributed by atoms with Crippen LogP contribution in [0.4, 0.5) is 0 Å². The van der Waals surface area contributed by atoms with Crippen molar-refractivity contribution in [3.63, 3.8) is 0 Å². The number of hydrogen-bond donors (Lipinski definition) is 0. The van der Waals surface area contributed by atoms with E-state index in [4.69, 9.17) is 11.6 Å². The van der Waals surface area contributed by atoms with Crippen molar-refractivity contribution in [2.24, 2.45) is 11.8 Å². The molecule has 0 bridgehead atoms. The molecule has 1 aliphatic carbocycles. The molecule has 84 valence electrons. The Kier molecular flexibility index (Phi) is 3.29. The van der Waals surface area contributed by atoms with E-state index in [1.165, 1.54) is 12.8 Å². The standard InChI is InChI=1S/C11H18ClN3/c1-3-4-10-13-14-11(12)15(10)7-8(2)9-5-6-9/h8-9H,3-7H2,1-2H3. The molecule has 1 atom stereocenters. The van der Waals surface area contributed by atoms with Gasteiger partial charge in [0.15, 0.2) is 0 Å². The molecule has 1 aromatic rings. The van der Waals surface area contributed by atoms with Crippen molar-refractivity contribution in [1.82, 2.24) is 14.8 Å². The van der Waals surface area contributed by atoms with E-state index in [-0.39, 0.29) is 0 Å². The Morgan fingerprint density at radius 1 is 1.47 bits per heavy atom. The van der Waals surface area contributed by atoms with Crippen LogP contribution in [0.1, 0.15) is 38.9 Å². The van der Waals surface area contributed by atoms with Gasteiger partial charge >= 0.3 is 0 Å². The van der Waals surface area contributed by atoms with E-state index in [0.717, 1.165) is 31.1 Å². The van der Waals surface area contributed by atoms with Gasteiger partial charge in [0.25, 0.3) is 0 Å². The summed E-state index contributed by atoms with van der Waals surface area (Å²) in [5.41, 5.74) is 0. The lowest BCUT2D eigenvalue weighted by Crippen LogP contribution is -2.12. The van der Waals surface area contributed by atoms with Crippen molar-refractivity contribution >= 4 is 11.6 Å². The molecule has 0 amide bonds. The van der Waals surface area contributed by atoms with E-state index in [1.807, 2.05) is 0 Å². The summed E-state index contributed by atoms with van der Waals surface area (Å²) in [4.78, 5) is 0. The molecule has 15 heavy (non-hydrogen) atoms. The van der Waals surface area contributed by atoms with Crippen LogP contribution >= 0.6 is 11.6 Å². The number of aromatic nitrogens is 3. The van der Waals surface area contributed by atoms with Crippen LogP contribution in [0.25, 0.3) is 0 Å². The zero-order chi connectivity index (χ0) is 10.8. The van der Waals surface area contributed by atoms with Crippen LogP contribution in [-0.2, 0) is 13.0 Å². The first-order chi connectivity index (χ1) is 7.22. The lowest BCUT2D eigenvalue weighted by molar-refractivity contribution is 0.421. The lowest BCUT2D eigenvalue weighted by atomic mass is 10.1. The van der Waals surface area contributed by atoms with E-state index in [2.05, 4.69) is 28.6 Å². The predicted octanol–water partition coefficient (Wildman–Crippen LogP) is 2.93. The minimum absolute atomic E-state index is 0.547. The number of nitrogens with zero attached hydrogens (tertiary/aromatic N) is 3. The molecule has 1 unspecified atom stereocenters. The third kappa shape index (κ3) is 2.51. The van der Waals surface area contributed by atoms with Crippen molar-refractivity contribution < 1.29 is 0 Å². The average molecular weight is 228 g/mol. The maximum Gasteiger partial charge on any atom is 0.225 e. The smallest absolute Gasteiger partial charge is 0.225 e. The molecule has 0 aliphatic heterocycles. The third-order valence-electron chi connectivity index (χ3n) is 3.15. The molecule has 1 heterocycles. The average Bonchev–Trinajstić information content (AvgIpc) is 3.00. The summed E-state index contributed by atoms with van der Waals surface area (Å²) < 4.78 is 2.08. The van der Waals surface area contributed by atoms with Gasteiger partial charge in [0.05, 0.1) is 0 Å². The molecule has 0 spiro atoms. The number of aryl methyl sites for hydroxylation is 1. The lowest BCUT2D eigenvalue weighted by Gasteiger charge is -2.13. The fourth-order valence-electron chi connectivity index (χ4n) is 2.01. The highest BCUT2D eigenvalue weighted by molar-refractivity contribution is 6.28. The molecule has 4 heteroatoms. The van der Waals surface area contributed by atoms with Crippen molar-refractivity contribution in [2.45, 2.75) is 46.1 Å². The third-order valence-corrected chi connectivity index (χ3v) is 3.43. The van der Waals surface area contributed by atoms with Gasteiger partial charge < -0.3 is 4.57 Å². The molecule has 1 aliphatic rings. The van der Waals surface area contributed by atoms with Crippen LogP contribution in [0, 0.1) is 11.8 Å². The van der Waals surface area contributed by atoms with Crippen LogP contribution < -0.4 is 0 Å². The van der Waals surface area contributed by atoms with E-state index < -0.39 is 0 Å². The molecular weight excluding hydrogens is 210 g/mol. The van der Waals surface area contributed by atoms with Gasteiger partial charge in [0, 0.05) is 13.0 Å². The Balaban J connectivity index is 2.06. The maximum absolute atomic E-state index is 6.04. The quantitative estimate of drug-likeness (QED) is 0.775. The van der Waals surface area contributed by atoms with Crippen LogP contribution in [0.2, 0.25) is 5.28 Å². The van der Waals surface area contributed by atoms with Gasteiger partial charge in [-0.3, -0.25) is 0 Å². The van der Waals surface area contributed by atoms with Crippen LogP contribution in [-0.4, -0.2) is 14.8 Å². The highest BCUT2D eigenvalue weighted by atomic mass is 35.5. The van der Waals surface area contributed by atoms with E-state index in [1.54, 1.807) is 0 Å². The van der Waals surface area contributed by atoms with Crippen LogP contribution in [0.3, 0.4) is 0 Å². The SMILES string of the molecule is CCCc1nnc(Cl)n1CC(C)C1CC1. The van der Waals surface area contributed by atoms with Crippen LogP contribution in [0.5, 0.6) is 0 Å². The zero-order valence-electron chi connectivity index (χ0n) is 9.41. The van der Waals surface area contributed by atoms with E-state index in [0.29, 0.717) is 11.2 Å². The second kappa shape index (κ2) is 4.52. The summed E-state index contributed by atoms with van der Waals surface area (Å²) in [5, 5.41) is 8.61. The molecule has 1 aromatic heterocycles. The van der Waals surface area contributed by atoms with E-state index in [9.17, 15) is 0 Å². The summed E-state index contributed by atoms with van der Waals surface area (Å²) >= 11 is 6.04. The first-order valence-electron chi connectivity index (χ1n) is 5.80. The zero-order valence-corrected chi connectivity index (χ0v) is 10.2. The Bertz CT molecular complexity index is 331. The van der Waals surface area contributed by atoms with Crippen molar-refractivity contribution in [3.05, 3.63) is 11.1 Å². The molecule has 3 nitrogen and oxygen atoms in total. The summed E-state index contributed by atoms with van der Waals surface area (Å²) in [7, 11) is 0. The minimum Gasteiger partial charge on any atom is -0.301 e. The molecule has 1 fully saturated rings. The first kappa shape index (κ1) is 10.9. The van der Waals surface area contributed by atoms with Gasteiger partial charge in [-0.2, -0.15) is 0 Å². The van der Waals surface area contributed by atoms with Crippen molar-refractivity contribution in [3.8, 4) is 0 Å². The molecule has 0 saturated heterocycles. The Hall–Kier alpha value is -0.570. The minimum atomic E-state index is 0.547. The molecule has 1 saturated carbocycles. The molecule has 0 aromatic carbocycles. The van der Waals surface area contributed by atoms with Gasteiger partial charge in [-0.1, -0.05) is 13.8 Å². The summed E-state index contributed by atoms with van der Waals surface area (Å²) in [6.07, 6.45) is 4.82. The monoisotopic (exact) mass is 227 g/mol. The molecule has 0 radical (unpaired) electrons. The Morgan fingerprint density at radius 3 is 2.80 bits per heavy atom. The van der Waals surface area contributed by atoms with E-state index >= 15 is 0 Å². The highest BCUT2D eigenvalue weighted by Crippen LogP contribution is 2.37. The summed E-state index contributed by atoms with van der Waals surface area (Å²) in [6, 6.07) is 0. The molecule has 0 N–H and O–H groups in total. The topological polar surface area (TPSA) is 30.7 Å². The fraction of sp³-hybridized carbons (Fsp3) is 0.818.